The van der Waals surface area contributed by atoms with E-state index in [2.05, 4.69) is 43.5 Å². The van der Waals surface area contributed by atoms with Crippen molar-refractivity contribution in [3.63, 3.8) is 0 Å². The number of rotatable bonds is 5. The summed E-state index contributed by atoms with van der Waals surface area (Å²) >= 11 is 5.49. The molecule has 1 atom stereocenters. The van der Waals surface area contributed by atoms with Crippen molar-refractivity contribution in [3.05, 3.63) is 53.4 Å². The van der Waals surface area contributed by atoms with Crippen molar-refractivity contribution in [1.82, 2.24) is 18.7 Å². The van der Waals surface area contributed by atoms with E-state index in [9.17, 15) is 14.7 Å². The van der Waals surface area contributed by atoms with Gasteiger partial charge in [-0.3, -0.25) is 13.9 Å². The Bertz CT molecular complexity index is 1070. The average molecular weight is 535 g/mol. The van der Waals surface area contributed by atoms with Crippen LogP contribution >= 0.6 is 38.5 Å². The molecule has 2 heterocycles. The number of aryl methyl sites for hydroxylation is 1. The average Bonchev–Trinajstić information content (AvgIpc) is 2.94. The van der Waals surface area contributed by atoms with Crippen LogP contribution in [0.15, 0.2) is 38.6 Å². The van der Waals surface area contributed by atoms with E-state index < -0.39 is 17.4 Å². The van der Waals surface area contributed by atoms with E-state index in [4.69, 9.17) is 4.74 Å². The number of aromatic nitrogens is 4. The van der Waals surface area contributed by atoms with Gasteiger partial charge in [0.1, 0.15) is 18.5 Å². The molecule has 0 aliphatic heterocycles. The second kappa shape index (κ2) is 7.53. The van der Waals surface area contributed by atoms with Crippen molar-refractivity contribution < 1.29 is 9.84 Å². The summed E-state index contributed by atoms with van der Waals surface area (Å²) in [5, 5.41) is 10.3. The molecule has 0 fully saturated rings. The van der Waals surface area contributed by atoms with Gasteiger partial charge < -0.3 is 14.4 Å². The Morgan fingerprint density at radius 2 is 1.88 bits per heavy atom. The molecule has 0 saturated carbocycles. The molecule has 0 unspecified atom stereocenters. The smallest absolute Gasteiger partial charge is 0.332 e. The first-order valence-electron chi connectivity index (χ1n) is 7.67. The summed E-state index contributed by atoms with van der Waals surface area (Å²) in [7, 11) is 2.95. The van der Waals surface area contributed by atoms with Gasteiger partial charge in [0.05, 0.1) is 6.54 Å². The van der Waals surface area contributed by atoms with Gasteiger partial charge >= 0.3 is 5.69 Å². The molecular weight excluding hydrogens is 519 g/mol. The number of fused-ring (bicyclic) bond motifs is 1. The Morgan fingerprint density at radius 3 is 2.54 bits per heavy atom. The predicted molar refractivity (Wildman–Crippen MR) is 109 cm³/mol. The molecular formula is C16H16BrIN4O4. The third-order valence-electron chi connectivity index (χ3n) is 3.95. The van der Waals surface area contributed by atoms with Gasteiger partial charge in [-0.25, -0.2) is 9.78 Å². The summed E-state index contributed by atoms with van der Waals surface area (Å²) in [4.78, 5) is 28.7. The minimum atomic E-state index is -0.870. The van der Waals surface area contributed by atoms with Crippen molar-refractivity contribution in [2.24, 2.45) is 14.1 Å². The number of benzene rings is 1. The standard InChI is InChI=1S/C16H16BrIN4O4/c1-20-13-12(14(24)21(2)16(20)25)22(15(17)19-13)7-10(23)8-26-11-5-3-9(18)4-6-11/h3-6,10,23H,7-8H2,1-2H3/t10-/m1/s1. The molecule has 138 valence electrons. The van der Waals surface area contributed by atoms with Crippen LogP contribution < -0.4 is 16.0 Å². The first-order valence-corrected chi connectivity index (χ1v) is 9.55. The lowest BCUT2D eigenvalue weighted by Crippen LogP contribution is -2.38. The number of halogens is 2. The van der Waals surface area contributed by atoms with Crippen molar-refractivity contribution in [3.8, 4) is 5.75 Å². The summed E-state index contributed by atoms with van der Waals surface area (Å²) in [5.74, 6) is 0.650. The third-order valence-corrected chi connectivity index (χ3v) is 5.28. The molecule has 0 saturated heterocycles. The van der Waals surface area contributed by atoms with E-state index in [1.54, 1.807) is 11.6 Å². The molecule has 0 amide bonds. The maximum absolute atomic E-state index is 12.5. The van der Waals surface area contributed by atoms with Crippen molar-refractivity contribution in [2.75, 3.05) is 6.61 Å². The summed E-state index contributed by atoms with van der Waals surface area (Å²) in [5.41, 5.74) is -0.417. The molecule has 1 N–H and O–H groups in total. The first kappa shape index (κ1) is 19.1. The molecule has 3 aromatic rings. The van der Waals surface area contributed by atoms with E-state index in [0.717, 1.165) is 8.14 Å². The molecule has 3 rings (SSSR count). The second-order valence-electron chi connectivity index (χ2n) is 5.79. The molecule has 8 nitrogen and oxygen atoms in total. The van der Waals surface area contributed by atoms with Gasteiger partial charge in [-0.2, -0.15) is 0 Å². The van der Waals surface area contributed by atoms with E-state index >= 15 is 0 Å². The van der Waals surface area contributed by atoms with Crippen LogP contribution in [0.4, 0.5) is 0 Å². The van der Waals surface area contributed by atoms with Gasteiger partial charge in [-0.15, -0.1) is 0 Å². The lowest BCUT2D eigenvalue weighted by Gasteiger charge is -2.14. The zero-order valence-electron chi connectivity index (χ0n) is 14.0. The van der Waals surface area contributed by atoms with E-state index in [-0.39, 0.29) is 24.3 Å². The van der Waals surface area contributed by atoms with Crippen LogP contribution in [0.3, 0.4) is 0 Å². The zero-order chi connectivity index (χ0) is 19.0. The number of hydrogen-bond donors (Lipinski definition) is 1. The molecule has 0 spiro atoms. The van der Waals surface area contributed by atoms with Crippen LogP contribution in [-0.4, -0.2) is 36.5 Å². The molecule has 0 aliphatic carbocycles. The fourth-order valence-electron chi connectivity index (χ4n) is 2.57. The van der Waals surface area contributed by atoms with E-state index in [1.165, 1.54) is 11.6 Å². The molecule has 10 heteroatoms. The minimum absolute atomic E-state index is 0.0544. The molecule has 26 heavy (non-hydrogen) atoms. The van der Waals surface area contributed by atoms with E-state index in [1.807, 2.05) is 24.3 Å². The number of nitrogens with zero attached hydrogens (tertiary/aromatic N) is 4. The maximum Gasteiger partial charge on any atom is 0.332 e. The topological polar surface area (TPSA) is 91.3 Å². The highest BCUT2D eigenvalue weighted by Crippen LogP contribution is 2.18. The molecule has 0 aliphatic rings. The number of hydrogen-bond acceptors (Lipinski definition) is 5. The van der Waals surface area contributed by atoms with Gasteiger partial charge in [-0.05, 0) is 62.8 Å². The first-order chi connectivity index (χ1) is 12.3. The number of aliphatic hydroxyl groups is 1. The Balaban J connectivity index is 1.86. The second-order valence-corrected chi connectivity index (χ2v) is 7.74. The lowest BCUT2D eigenvalue weighted by atomic mass is 10.3. The van der Waals surface area contributed by atoms with Gasteiger partial charge in [0.2, 0.25) is 0 Å². The highest BCUT2D eigenvalue weighted by atomic mass is 127. The maximum atomic E-state index is 12.5. The lowest BCUT2D eigenvalue weighted by molar-refractivity contribution is 0.0928. The van der Waals surface area contributed by atoms with Gasteiger partial charge in [0, 0.05) is 17.7 Å². The van der Waals surface area contributed by atoms with Crippen molar-refractivity contribution in [2.45, 2.75) is 12.6 Å². The number of aliphatic hydroxyl groups excluding tert-OH is 1. The van der Waals surface area contributed by atoms with E-state index in [0.29, 0.717) is 10.5 Å². The monoisotopic (exact) mass is 534 g/mol. The predicted octanol–water partition coefficient (Wildman–Crippen LogP) is 1.24. The highest BCUT2D eigenvalue weighted by molar-refractivity contribution is 14.1. The normalized spacial score (nSPS) is 12.5. The quantitative estimate of drug-likeness (QED) is 0.393. The molecule has 0 bridgehead atoms. The Labute approximate surface area is 170 Å². The van der Waals surface area contributed by atoms with Crippen LogP contribution in [0.2, 0.25) is 0 Å². The number of ether oxygens (including phenoxy) is 1. The summed E-state index contributed by atoms with van der Waals surface area (Å²) in [6, 6.07) is 7.46. The third kappa shape index (κ3) is 3.58. The van der Waals surface area contributed by atoms with Crippen molar-refractivity contribution in [1.29, 1.82) is 0 Å². The highest BCUT2D eigenvalue weighted by Gasteiger charge is 2.20. The zero-order valence-corrected chi connectivity index (χ0v) is 17.8. The molecule has 0 radical (unpaired) electrons. The Kier molecular flexibility index (Phi) is 5.53. The summed E-state index contributed by atoms with van der Waals surface area (Å²) in [6.45, 7) is 0.147. The fourth-order valence-corrected chi connectivity index (χ4v) is 3.42. The summed E-state index contributed by atoms with van der Waals surface area (Å²) in [6.07, 6.45) is -0.870. The van der Waals surface area contributed by atoms with Gasteiger partial charge in [-0.1, -0.05) is 0 Å². The fraction of sp³-hybridized carbons (Fsp3) is 0.312. The van der Waals surface area contributed by atoms with Gasteiger partial charge in [0.25, 0.3) is 5.56 Å². The SMILES string of the molecule is Cn1c(=O)c2c(nc(Br)n2C[C@@H](O)COc2ccc(I)cc2)n(C)c1=O. The van der Waals surface area contributed by atoms with Crippen molar-refractivity contribution >= 4 is 49.7 Å². The van der Waals surface area contributed by atoms with Crippen LogP contribution in [0.1, 0.15) is 0 Å². The van der Waals surface area contributed by atoms with Crippen LogP contribution in [0.5, 0.6) is 5.75 Å². The molecule has 1 aromatic carbocycles. The van der Waals surface area contributed by atoms with Crippen LogP contribution in [0.25, 0.3) is 11.2 Å². The molecule has 2 aromatic heterocycles. The van der Waals surface area contributed by atoms with Crippen LogP contribution in [0, 0.1) is 3.57 Å². The Morgan fingerprint density at radius 1 is 1.23 bits per heavy atom. The van der Waals surface area contributed by atoms with Crippen LogP contribution in [-0.2, 0) is 20.6 Å². The summed E-state index contributed by atoms with van der Waals surface area (Å²) < 4.78 is 10.9. The largest absolute Gasteiger partial charge is 0.491 e. The minimum Gasteiger partial charge on any atom is -0.491 e. The number of imidazole rings is 1. The van der Waals surface area contributed by atoms with Gasteiger partial charge in [0.15, 0.2) is 15.9 Å². The Hall–Kier alpha value is -1.66.